The van der Waals surface area contributed by atoms with Crippen LogP contribution in [0.4, 0.5) is 5.13 Å². The van der Waals surface area contributed by atoms with Gasteiger partial charge < -0.3 is 10.6 Å². The Morgan fingerprint density at radius 1 is 1.26 bits per heavy atom. The summed E-state index contributed by atoms with van der Waals surface area (Å²) < 4.78 is 0. The first-order valence-electron chi connectivity index (χ1n) is 7.78. The first-order chi connectivity index (χ1) is 9.33. The second-order valence-electron chi connectivity index (χ2n) is 5.87. The van der Waals surface area contributed by atoms with Crippen LogP contribution in [0, 0.1) is 5.92 Å². The maximum absolute atomic E-state index is 5.85. The van der Waals surface area contributed by atoms with Crippen LogP contribution in [-0.4, -0.2) is 17.6 Å². The van der Waals surface area contributed by atoms with E-state index in [2.05, 4.69) is 11.8 Å². The average Bonchev–Trinajstić information content (AvgIpc) is 3.16. The Kier molecular flexibility index (Phi) is 4.08. The molecule has 0 aromatic carbocycles. The molecule has 1 saturated carbocycles. The molecule has 3 rings (SSSR count). The third-order valence-corrected chi connectivity index (χ3v) is 5.93. The van der Waals surface area contributed by atoms with E-state index in [4.69, 9.17) is 10.7 Å². The molecule has 1 aromatic heterocycles. The summed E-state index contributed by atoms with van der Waals surface area (Å²) in [6, 6.07) is 0.754. The second-order valence-corrected chi connectivity index (χ2v) is 6.93. The normalized spacial score (nSPS) is 24.5. The zero-order chi connectivity index (χ0) is 13.2. The minimum absolute atomic E-state index is 0.642. The van der Waals surface area contributed by atoms with Crippen molar-refractivity contribution in [1.82, 2.24) is 4.98 Å². The fraction of sp³-hybridized carbons (Fsp3) is 0.800. The Morgan fingerprint density at radius 2 is 2.05 bits per heavy atom. The zero-order valence-corrected chi connectivity index (χ0v) is 12.7. The summed E-state index contributed by atoms with van der Waals surface area (Å²) in [7, 11) is 0. The summed E-state index contributed by atoms with van der Waals surface area (Å²) in [5, 5.41) is 1.24. The summed E-state index contributed by atoms with van der Waals surface area (Å²) in [6.07, 6.45) is 9.42. The van der Waals surface area contributed by atoms with Crippen molar-refractivity contribution in [2.24, 2.45) is 11.7 Å². The third kappa shape index (κ3) is 2.52. The number of hydrogen-bond donors (Lipinski definition) is 1. The van der Waals surface area contributed by atoms with Gasteiger partial charge >= 0.3 is 0 Å². The van der Waals surface area contributed by atoms with Crippen molar-refractivity contribution < 1.29 is 0 Å². The molecule has 0 amide bonds. The predicted octanol–water partition coefficient (Wildman–Crippen LogP) is 3.32. The smallest absolute Gasteiger partial charge is 0.186 e. The van der Waals surface area contributed by atoms with Gasteiger partial charge in [-0.15, -0.1) is 11.3 Å². The van der Waals surface area contributed by atoms with E-state index >= 15 is 0 Å². The lowest BCUT2D eigenvalue weighted by molar-refractivity contribution is 0.430. The fourth-order valence-electron chi connectivity index (χ4n) is 3.79. The Bertz CT molecular complexity index is 402. The molecule has 1 saturated heterocycles. The molecule has 0 bridgehead atoms. The molecule has 19 heavy (non-hydrogen) atoms. The Balaban J connectivity index is 1.81. The molecule has 1 unspecified atom stereocenters. The van der Waals surface area contributed by atoms with Crippen LogP contribution in [0.3, 0.4) is 0 Å². The summed E-state index contributed by atoms with van der Waals surface area (Å²) in [5.41, 5.74) is 7.07. The van der Waals surface area contributed by atoms with Crippen molar-refractivity contribution in [1.29, 1.82) is 0 Å². The minimum Gasteiger partial charge on any atom is -0.345 e. The van der Waals surface area contributed by atoms with Crippen LogP contribution in [-0.2, 0) is 13.0 Å². The van der Waals surface area contributed by atoms with E-state index in [-0.39, 0.29) is 0 Å². The minimum atomic E-state index is 0.642. The maximum Gasteiger partial charge on any atom is 0.186 e. The van der Waals surface area contributed by atoms with Gasteiger partial charge in [-0.25, -0.2) is 4.98 Å². The quantitative estimate of drug-likeness (QED) is 0.919. The highest BCUT2D eigenvalue weighted by Gasteiger charge is 2.34. The Labute approximate surface area is 120 Å². The highest BCUT2D eigenvalue weighted by Crippen LogP contribution is 2.39. The summed E-state index contributed by atoms with van der Waals surface area (Å²) in [5.74, 6) is 0.915. The van der Waals surface area contributed by atoms with E-state index < -0.39 is 0 Å². The average molecular weight is 279 g/mol. The van der Waals surface area contributed by atoms with Gasteiger partial charge in [0.05, 0.1) is 5.69 Å². The second kappa shape index (κ2) is 5.80. The van der Waals surface area contributed by atoms with Crippen molar-refractivity contribution in [2.75, 3.05) is 11.4 Å². The van der Waals surface area contributed by atoms with Crippen LogP contribution in [0.25, 0.3) is 0 Å². The van der Waals surface area contributed by atoms with Gasteiger partial charge in [0.2, 0.25) is 0 Å². The van der Waals surface area contributed by atoms with Crippen LogP contribution in [0.15, 0.2) is 0 Å². The van der Waals surface area contributed by atoms with Gasteiger partial charge in [-0.3, -0.25) is 0 Å². The van der Waals surface area contributed by atoms with Gasteiger partial charge in [0.25, 0.3) is 0 Å². The third-order valence-electron chi connectivity index (χ3n) is 4.78. The number of anilines is 1. The molecular formula is C15H25N3S. The summed E-state index contributed by atoms with van der Waals surface area (Å²) in [6.45, 7) is 4.01. The van der Waals surface area contributed by atoms with Crippen LogP contribution in [0.1, 0.15) is 56.0 Å². The lowest BCUT2D eigenvalue weighted by Gasteiger charge is -2.29. The standard InChI is InChI=1S/C15H25N3S/c1-2-12-14(10-16)19-15(17-12)18-9-5-8-13(18)11-6-3-4-7-11/h11,13H,2-10,16H2,1H3. The molecule has 1 atom stereocenters. The number of nitrogens with zero attached hydrogens (tertiary/aromatic N) is 2. The zero-order valence-electron chi connectivity index (χ0n) is 11.9. The van der Waals surface area contributed by atoms with E-state index in [1.54, 1.807) is 0 Å². The molecule has 1 aliphatic heterocycles. The number of aromatic nitrogens is 1. The lowest BCUT2D eigenvalue weighted by atomic mass is 9.96. The molecular weight excluding hydrogens is 254 g/mol. The van der Waals surface area contributed by atoms with Crippen molar-refractivity contribution in [2.45, 2.75) is 64.5 Å². The lowest BCUT2D eigenvalue weighted by Crippen LogP contribution is -2.34. The first kappa shape index (κ1) is 13.4. The number of thiazole rings is 1. The van der Waals surface area contributed by atoms with Crippen LogP contribution >= 0.6 is 11.3 Å². The van der Waals surface area contributed by atoms with Gasteiger partial charge in [0, 0.05) is 24.0 Å². The molecule has 2 heterocycles. The molecule has 2 N–H and O–H groups in total. The van der Waals surface area contributed by atoms with E-state index in [9.17, 15) is 0 Å². The predicted molar refractivity (Wildman–Crippen MR) is 81.7 cm³/mol. The topological polar surface area (TPSA) is 42.2 Å². The molecule has 0 spiro atoms. The molecule has 4 heteroatoms. The van der Waals surface area contributed by atoms with Gasteiger partial charge in [0.15, 0.2) is 5.13 Å². The van der Waals surface area contributed by atoms with Crippen LogP contribution < -0.4 is 10.6 Å². The number of aryl methyl sites for hydroxylation is 1. The van der Waals surface area contributed by atoms with Crippen molar-refractivity contribution in [3.05, 3.63) is 10.6 Å². The highest BCUT2D eigenvalue weighted by molar-refractivity contribution is 7.15. The van der Waals surface area contributed by atoms with Crippen LogP contribution in [0.2, 0.25) is 0 Å². The van der Waals surface area contributed by atoms with Gasteiger partial charge in [-0.1, -0.05) is 19.8 Å². The maximum atomic E-state index is 5.85. The SMILES string of the molecule is CCc1nc(N2CCCC2C2CCCC2)sc1CN. The van der Waals surface area contributed by atoms with Crippen molar-refractivity contribution >= 4 is 16.5 Å². The van der Waals surface area contributed by atoms with Crippen molar-refractivity contribution in [3.63, 3.8) is 0 Å². The molecule has 106 valence electrons. The van der Waals surface area contributed by atoms with Gasteiger partial charge in [-0.2, -0.15) is 0 Å². The Morgan fingerprint density at radius 3 is 2.68 bits per heavy atom. The molecule has 2 aliphatic rings. The van der Waals surface area contributed by atoms with E-state index in [1.165, 1.54) is 60.8 Å². The molecule has 1 aromatic rings. The van der Waals surface area contributed by atoms with E-state index in [0.717, 1.165) is 18.4 Å². The highest BCUT2D eigenvalue weighted by atomic mass is 32.1. The van der Waals surface area contributed by atoms with Crippen LogP contribution in [0.5, 0.6) is 0 Å². The molecule has 3 nitrogen and oxygen atoms in total. The van der Waals surface area contributed by atoms with E-state index in [1.807, 2.05) is 11.3 Å². The fourth-order valence-corrected chi connectivity index (χ4v) is 4.90. The molecule has 1 aliphatic carbocycles. The summed E-state index contributed by atoms with van der Waals surface area (Å²) in [4.78, 5) is 8.75. The van der Waals surface area contributed by atoms with Gasteiger partial charge in [0.1, 0.15) is 0 Å². The number of nitrogens with two attached hydrogens (primary N) is 1. The number of rotatable bonds is 4. The monoisotopic (exact) mass is 279 g/mol. The first-order valence-corrected chi connectivity index (χ1v) is 8.60. The largest absolute Gasteiger partial charge is 0.345 e. The molecule has 0 radical (unpaired) electrons. The van der Waals surface area contributed by atoms with Gasteiger partial charge in [-0.05, 0) is 38.0 Å². The number of hydrogen-bond acceptors (Lipinski definition) is 4. The summed E-state index contributed by atoms with van der Waals surface area (Å²) >= 11 is 1.83. The molecule has 2 fully saturated rings. The Hall–Kier alpha value is -0.610. The van der Waals surface area contributed by atoms with Crippen molar-refractivity contribution in [3.8, 4) is 0 Å². The van der Waals surface area contributed by atoms with E-state index in [0.29, 0.717) is 6.54 Å².